The molecule has 5 heteroatoms. The Balaban J connectivity index is 1.23. The average Bonchev–Trinajstić information content (AvgIpc) is 3.14. The van der Waals surface area contributed by atoms with E-state index < -0.39 is 0 Å². The quantitative estimate of drug-likeness (QED) is 0.532. The number of amides is 1. The average molecular weight is 454 g/mol. The van der Waals surface area contributed by atoms with Gasteiger partial charge in [-0.2, -0.15) is 0 Å². The van der Waals surface area contributed by atoms with Crippen LogP contribution in [0.5, 0.6) is 5.75 Å². The van der Waals surface area contributed by atoms with Crippen LogP contribution in [-0.2, 0) is 6.54 Å². The van der Waals surface area contributed by atoms with Crippen LogP contribution in [0.15, 0.2) is 78.9 Å². The van der Waals surface area contributed by atoms with Crippen molar-refractivity contribution in [3.63, 3.8) is 0 Å². The molecule has 1 amide bonds. The third kappa shape index (κ3) is 4.70. The number of fused-ring (bicyclic) bond motifs is 1. The summed E-state index contributed by atoms with van der Waals surface area (Å²) in [6, 6.07) is 24.6. The number of carbonyl (C=O) groups excluding carboxylic acids is 1. The van der Waals surface area contributed by atoms with Crippen molar-refractivity contribution < 1.29 is 9.53 Å². The zero-order valence-corrected chi connectivity index (χ0v) is 19.7. The van der Waals surface area contributed by atoms with Gasteiger partial charge in [0.1, 0.15) is 5.75 Å². The molecule has 0 saturated carbocycles. The molecule has 0 aromatic heterocycles. The normalized spacial score (nSPS) is 16.1. The Bertz CT molecular complexity index is 1170. The molecule has 1 saturated heterocycles. The minimum Gasteiger partial charge on any atom is -0.496 e. The van der Waals surface area contributed by atoms with Crippen LogP contribution in [0.2, 0.25) is 0 Å². The van der Waals surface area contributed by atoms with Crippen LogP contribution in [0.1, 0.15) is 27.9 Å². The molecule has 0 aliphatic carbocycles. The van der Waals surface area contributed by atoms with E-state index in [4.69, 9.17) is 4.74 Å². The van der Waals surface area contributed by atoms with Crippen LogP contribution in [0, 0.1) is 0 Å². The molecule has 0 atom stereocenters. The largest absolute Gasteiger partial charge is 0.496 e. The van der Waals surface area contributed by atoms with Gasteiger partial charge in [0, 0.05) is 61.8 Å². The van der Waals surface area contributed by atoms with Gasteiger partial charge in [-0.15, -0.1) is 0 Å². The highest BCUT2D eigenvalue weighted by atomic mass is 16.5. The van der Waals surface area contributed by atoms with E-state index >= 15 is 0 Å². The van der Waals surface area contributed by atoms with Gasteiger partial charge in [0.25, 0.3) is 5.91 Å². The number of ether oxygens (including phenoxy) is 1. The Kier molecular flexibility index (Phi) is 6.63. The molecule has 2 aliphatic rings. The third-order valence-corrected chi connectivity index (χ3v) is 6.70. The number of carbonyl (C=O) groups is 1. The van der Waals surface area contributed by atoms with E-state index in [1.54, 1.807) is 7.11 Å². The monoisotopic (exact) mass is 453 g/mol. The van der Waals surface area contributed by atoms with Gasteiger partial charge in [0.05, 0.1) is 7.11 Å². The van der Waals surface area contributed by atoms with Crippen LogP contribution < -0.4 is 9.64 Å². The molecule has 2 heterocycles. The predicted octanol–water partition coefficient (Wildman–Crippen LogP) is 5.21. The molecule has 0 radical (unpaired) electrons. The summed E-state index contributed by atoms with van der Waals surface area (Å²) in [5.74, 6) is 1.04. The lowest BCUT2D eigenvalue weighted by Crippen LogP contribution is -2.35. The third-order valence-electron chi connectivity index (χ3n) is 6.70. The molecule has 0 bridgehead atoms. The number of rotatable bonds is 5. The standard InChI is InChI=1S/C29H31N3O2/c1-34-28-12-5-3-9-25(28)22-30-17-7-18-31(21-20-30)29(33)24-13-15-26(16-14-24)32-19-6-10-23-8-2-4-11-27(23)32/h2-6,8-16H,7,17-22H2,1H3. The molecule has 0 N–H and O–H groups in total. The fourth-order valence-electron chi connectivity index (χ4n) is 4.88. The number of hydrogen-bond acceptors (Lipinski definition) is 4. The van der Waals surface area contributed by atoms with Crippen LogP contribution >= 0.6 is 0 Å². The maximum atomic E-state index is 13.3. The number of hydrogen-bond donors (Lipinski definition) is 0. The second-order valence-electron chi connectivity index (χ2n) is 8.85. The van der Waals surface area contributed by atoms with Crippen LogP contribution in [-0.4, -0.2) is 55.5 Å². The zero-order chi connectivity index (χ0) is 23.3. The smallest absolute Gasteiger partial charge is 0.253 e. The van der Waals surface area contributed by atoms with Gasteiger partial charge in [0.15, 0.2) is 0 Å². The van der Waals surface area contributed by atoms with Crippen molar-refractivity contribution in [2.24, 2.45) is 0 Å². The summed E-state index contributed by atoms with van der Waals surface area (Å²) in [7, 11) is 1.72. The molecular formula is C29H31N3O2. The molecule has 2 aliphatic heterocycles. The summed E-state index contributed by atoms with van der Waals surface area (Å²) in [5.41, 5.74) is 5.47. The van der Waals surface area contributed by atoms with Gasteiger partial charge in [-0.05, 0) is 48.4 Å². The molecule has 5 nitrogen and oxygen atoms in total. The van der Waals surface area contributed by atoms with Gasteiger partial charge in [-0.1, -0.05) is 48.6 Å². The maximum Gasteiger partial charge on any atom is 0.253 e. The summed E-state index contributed by atoms with van der Waals surface area (Å²) in [5, 5.41) is 0. The summed E-state index contributed by atoms with van der Waals surface area (Å²) in [6.07, 6.45) is 5.31. The summed E-state index contributed by atoms with van der Waals surface area (Å²) in [4.78, 5) is 20.0. The lowest BCUT2D eigenvalue weighted by molar-refractivity contribution is 0.0761. The molecule has 5 rings (SSSR count). The predicted molar refractivity (Wildman–Crippen MR) is 138 cm³/mol. The highest BCUT2D eigenvalue weighted by Crippen LogP contribution is 2.32. The van der Waals surface area contributed by atoms with E-state index in [0.717, 1.165) is 62.7 Å². The number of benzene rings is 3. The van der Waals surface area contributed by atoms with E-state index in [9.17, 15) is 4.79 Å². The van der Waals surface area contributed by atoms with E-state index in [0.29, 0.717) is 0 Å². The first-order chi connectivity index (χ1) is 16.7. The van der Waals surface area contributed by atoms with Gasteiger partial charge in [0.2, 0.25) is 0 Å². The van der Waals surface area contributed by atoms with E-state index in [2.05, 4.69) is 64.4 Å². The number of nitrogens with zero attached hydrogens (tertiary/aromatic N) is 3. The van der Waals surface area contributed by atoms with Gasteiger partial charge in [-0.3, -0.25) is 9.69 Å². The number of para-hydroxylation sites is 2. The lowest BCUT2D eigenvalue weighted by atomic mass is 10.1. The van der Waals surface area contributed by atoms with E-state index in [1.807, 2.05) is 35.2 Å². The highest BCUT2D eigenvalue weighted by Gasteiger charge is 2.22. The van der Waals surface area contributed by atoms with Crippen molar-refractivity contribution in [2.45, 2.75) is 13.0 Å². The fraction of sp³-hybridized carbons (Fsp3) is 0.276. The first kappa shape index (κ1) is 22.2. The molecule has 0 spiro atoms. The maximum absolute atomic E-state index is 13.3. The van der Waals surface area contributed by atoms with Crippen molar-refractivity contribution in [3.05, 3.63) is 95.6 Å². The van der Waals surface area contributed by atoms with Crippen LogP contribution in [0.25, 0.3) is 6.08 Å². The van der Waals surface area contributed by atoms with Crippen molar-refractivity contribution in [2.75, 3.05) is 44.7 Å². The summed E-state index contributed by atoms with van der Waals surface area (Å²) in [6.45, 7) is 5.03. The van der Waals surface area contributed by atoms with E-state index in [1.165, 1.54) is 16.8 Å². The zero-order valence-electron chi connectivity index (χ0n) is 19.7. The Hall–Kier alpha value is -3.57. The summed E-state index contributed by atoms with van der Waals surface area (Å²) >= 11 is 0. The highest BCUT2D eigenvalue weighted by molar-refractivity contribution is 5.94. The molecule has 3 aromatic rings. The second kappa shape index (κ2) is 10.1. The van der Waals surface area contributed by atoms with E-state index in [-0.39, 0.29) is 5.91 Å². The minimum atomic E-state index is 0.115. The second-order valence-corrected chi connectivity index (χ2v) is 8.85. The molecule has 174 valence electrons. The van der Waals surface area contributed by atoms with Crippen molar-refractivity contribution in [3.8, 4) is 5.75 Å². The van der Waals surface area contributed by atoms with Gasteiger partial charge >= 0.3 is 0 Å². The fourth-order valence-corrected chi connectivity index (χ4v) is 4.88. The Morgan fingerprint density at radius 2 is 1.68 bits per heavy atom. The summed E-state index contributed by atoms with van der Waals surface area (Å²) < 4.78 is 5.51. The minimum absolute atomic E-state index is 0.115. The molecule has 34 heavy (non-hydrogen) atoms. The Morgan fingerprint density at radius 3 is 2.53 bits per heavy atom. The first-order valence-electron chi connectivity index (χ1n) is 12.0. The van der Waals surface area contributed by atoms with Crippen molar-refractivity contribution >= 4 is 23.4 Å². The van der Waals surface area contributed by atoms with Crippen molar-refractivity contribution in [1.82, 2.24) is 9.80 Å². The van der Waals surface area contributed by atoms with Gasteiger partial charge in [-0.25, -0.2) is 0 Å². The Labute approximate surface area is 201 Å². The van der Waals surface area contributed by atoms with Crippen LogP contribution in [0.4, 0.5) is 11.4 Å². The molecule has 1 fully saturated rings. The Morgan fingerprint density at radius 1 is 0.882 bits per heavy atom. The molecule has 3 aromatic carbocycles. The topological polar surface area (TPSA) is 36.0 Å². The van der Waals surface area contributed by atoms with Crippen molar-refractivity contribution in [1.29, 1.82) is 0 Å². The van der Waals surface area contributed by atoms with Gasteiger partial charge < -0.3 is 14.5 Å². The number of methoxy groups -OCH3 is 1. The number of anilines is 2. The SMILES string of the molecule is COc1ccccc1CN1CCCN(C(=O)c2ccc(N3CC=Cc4ccccc43)cc2)CC1. The molecular weight excluding hydrogens is 422 g/mol. The molecule has 0 unspecified atom stereocenters. The van der Waals surface area contributed by atoms with Crippen LogP contribution in [0.3, 0.4) is 0 Å². The first-order valence-corrected chi connectivity index (χ1v) is 12.0. The lowest BCUT2D eigenvalue weighted by Gasteiger charge is -2.28.